The van der Waals surface area contributed by atoms with E-state index in [-0.39, 0.29) is 6.04 Å². The topological polar surface area (TPSA) is 9.34 Å². The minimum atomic E-state index is 0.161. The van der Waals surface area contributed by atoms with Crippen LogP contribution in [0, 0.1) is 0 Å². The van der Waals surface area contributed by atoms with Gasteiger partial charge < -0.3 is 8.97 Å². The van der Waals surface area contributed by atoms with E-state index in [9.17, 15) is 0 Å². The number of rotatable bonds is 4. The molecule has 1 atom stereocenters. The summed E-state index contributed by atoms with van der Waals surface area (Å²) in [6.45, 7) is 0. The molecule has 17 rings (SSSR count). The molecule has 0 saturated carbocycles. The standard InChI is InChI=1S/C70H42N2/c1-3-19-41(20-4-1)63-43-23-7-11-27-47(43)65(48-28-12-8-24-44(48)63)55-37-35-51-57-39-62-58(40-61(57)71-59-33-17-15-31-53(59)67(55)69(51)71)52-36-38-56(68-54-32-16-18-34-60(54)72(62)70(52)68)66-49-29-13-9-25-45(49)64(42-21-5-2-6-22-42)46-26-10-14-30-50(46)66/h1-39,61H,40H2. The molecule has 1 aliphatic carbocycles. The lowest BCUT2D eigenvalue weighted by atomic mass is 9.83. The second-order valence-electron chi connectivity index (χ2n) is 20.1. The molecule has 0 spiro atoms. The SMILES string of the molecule is C1=C2c3ccc(-c4c5ccccc5c(-c5ccccc5)c5ccccc45)c4c5ccccc5n(c34)C2Cc2c1n1c3ccccc3c3c(-c4c5ccccc5c(-c5ccccc5)c5ccccc45)ccc2c31. The fraction of sp³-hybridized carbons (Fsp3) is 0.0286. The summed E-state index contributed by atoms with van der Waals surface area (Å²) >= 11 is 0. The van der Waals surface area contributed by atoms with Crippen LogP contribution in [0.3, 0.4) is 0 Å². The van der Waals surface area contributed by atoms with Crippen LogP contribution < -0.4 is 0 Å². The highest BCUT2D eigenvalue weighted by Crippen LogP contribution is 2.57. The van der Waals surface area contributed by atoms with E-state index in [0.29, 0.717) is 0 Å². The first-order chi connectivity index (χ1) is 35.8. The third-order valence-electron chi connectivity index (χ3n) is 16.7. The molecule has 1 unspecified atom stereocenters. The van der Waals surface area contributed by atoms with E-state index in [1.807, 2.05) is 0 Å². The number of benzene rings is 12. The second kappa shape index (κ2) is 14.2. The van der Waals surface area contributed by atoms with E-state index in [0.717, 1.165) is 6.42 Å². The fourth-order valence-electron chi connectivity index (χ4n) is 14.0. The molecule has 0 fully saturated rings. The van der Waals surface area contributed by atoms with Gasteiger partial charge in [-0.05, 0) is 117 Å². The zero-order valence-corrected chi connectivity index (χ0v) is 39.2. The molecule has 0 saturated heterocycles. The maximum atomic E-state index is 2.71. The fourth-order valence-corrected chi connectivity index (χ4v) is 14.0. The van der Waals surface area contributed by atoms with Crippen molar-refractivity contribution in [1.82, 2.24) is 8.97 Å². The minimum Gasteiger partial charge on any atom is -0.332 e. The van der Waals surface area contributed by atoms with Crippen molar-refractivity contribution in [2.75, 3.05) is 0 Å². The number of allylic oxidation sites excluding steroid dienone is 1. The average molecular weight is 911 g/mol. The molecule has 0 radical (unpaired) electrons. The molecule has 2 heteroatoms. The smallest absolute Gasteiger partial charge is 0.0640 e. The number of nitrogens with zero attached hydrogens (tertiary/aromatic N) is 2. The second-order valence-corrected chi connectivity index (χ2v) is 20.1. The largest absolute Gasteiger partial charge is 0.332 e. The number of fused-ring (bicyclic) bond motifs is 16. The number of aromatic nitrogens is 2. The third kappa shape index (κ3) is 4.88. The summed E-state index contributed by atoms with van der Waals surface area (Å²) in [5, 5.41) is 16.9. The Kier molecular flexibility index (Phi) is 7.61. The highest BCUT2D eigenvalue weighted by molar-refractivity contribution is 6.31. The summed E-state index contributed by atoms with van der Waals surface area (Å²) in [5.41, 5.74) is 21.0. The highest BCUT2D eigenvalue weighted by atomic mass is 15.1. The van der Waals surface area contributed by atoms with Crippen LogP contribution >= 0.6 is 0 Å². The van der Waals surface area contributed by atoms with Crippen molar-refractivity contribution in [2.45, 2.75) is 12.5 Å². The molecule has 2 aliphatic rings. The van der Waals surface area contributed by atoms with Crippen LogP contribution in [0.4, 0.5) is 0 Å². The van der Waals surface area contributed by atoms with E-state index in [1.54, 1.807) is 0 Å². The number of hydrogen-bond acceptors (Lipinski definition) is 0. The molecule has 2 nitrogen and oxygen atoms in total. The van der Waals surface area contributed by atoms with Crippen molar-refractivity contribution >= 4 is 104 Å². The quantitative estimate of drug-likeness (QED) is 0.156. The average Bonchev–Trinajstić information content (AvgIpc) is 4.18. The summed E-state index contributed by atoms with van der Waals surface area (Å²) in [5.74, 6) is 0. The molecule has 332 valence electrons. The molecular formula is C70H42N2. The molecule has 3 aromatic heterocycles. The Bertz CT molecular complexity index is 4760. The van der Waals surface area contributed by atoms with Crippen LogP contribution in [0.25, 0.3) is 148 Å². The van der Waals surface area contributed by atoms with Gasteiger partial charge in [0.1, 0.15) is 0 Å². The Morgan fingerprint density at radius 1 is 0.306 bits per heavy atom. The van der Waals surface area contributed by atoms with E-state index in [4.69, 9.17) is 0 Å². The van der Waals surface area contributed by atoms with Gasteiger partial charge in [-0.15, -0.1) is 0 Å². The Labute approximate surface area is 414 Å². The Morgan fingerprint density at radius 2 is 0.694 bits per heavy atom. The maximum Gasteiger partial charge on any atom is 0.0640 e. The van der Waals surface area contributed by atoms with Crippen molar-refractivity contribution in [3.05, 3.63) is 247 Å². The van der Waals surface area contributed by atoms with Crippen LogP contribution in [0.2, 0.25) is 0 Å². The van der Waals surface area contributed by atoms with E-state index in [2.05, 4.69) is 246 Å². The first-order valence-corrected chi connectivity index (χ1v) is 25.4. The van der Waals surface area contributed by atoms with Crippen molar-refractivity contribution < 1.29 is 0 Å². The summed E-state index contributed by atoms with van der Waals surface area (Å²) in [6.07, 6.45) is 3.49. The number of hydrogen-bond donors (Lipinski definition) is 0. The molecule has 15 aromatic rings. The van der Waals surface area contributed by atoms with Crippen LogP contribution in [-0.2, 0) is 6.42 Å². The van der Waals surface area contributed by atoms with Gasteiger partial charge in [0.2, 0.25) is 0 Å². The van der Waals surface area contributed by atoms with Crippen molar-refractivity contribution in [3.8, 4) is 44.5 Å². The molecule has 0 bridgehead atoms. The van der Waals surface area contributed by atoms with Gasteiger partial charge in [0, 0.05) is 44.4 Å². The van der Waals surface area contributed by atoms with Crippen molar-refractivity contribution in [2.24, 2.45) is 0 Å². The molecule has 72 heavy (non-hydrogen) atoms. The highest BCUT2D eigenvalue weighted by Gasteiger charge is 2.38. The summed E-state index contributed by atoms with van der Waals surface area (Å²) < 4.78 is 5.33. The minimum absolute atomic E-state index is 0.161. The lowest BCUT2D eigenvalue weighted by molar-refractivity contribution is 0.672. The van der Waals surface area contributed by atoms with Crippen LogP contribution in [0.15, 0.2) is 231 Å². The summed E-state index contributed by atoms with van der Waals surface area (Å²) in [4.78, 5) is 0. The third-order valence-corrected chi connectivity index (χ3v) is 16.7. The van der Waals surface area contributed by atoms with Gasteiger partial charge in [-0.1, -0.05) is 218 Å². The van der Waals surface area contributed by atoms with E-state index < -0.39 is 0 Å². The molecular weight excluding hydrogens is 869 g/mol. The van der Waals surface area contributed by atoms with Gasteiger partial charge in [-0.25, -0.2) is 0 Å². The number of para-hydroxylation sites is 2. The van der Waals surface area contributed by atoms with E-state index in [1.165, 1.54) is 159 Å². The first-order valence-electron chi connectivity index (χ1n) is 25.4. The Hall–Kier alpha value is -9.24. The molecule has 4 heterocycles. The predicted molar refractivity (Wildman–Crippen MR) is 305 cm³/mol. The molecule has 0 amide bonds. The van der Waals surface area contributed by atoms with Gasteiger partial charge in [0.05, 0.1) is 28.3 Å². The van der Waals surface area contributed by atoms with Gasteiger partial charge in [0.25, 0.3) is 0 Å². The maximum absolute atomic E-state index is 2.71. The van der Waals surface area contributed by atoms with Crippen molar-refractivity contribution in [3.63, 3.8) is 0 Å². The zero-order chi connectivity index (χ0) is 46.8. The lowest BCUT2D eigenvalue weighted by Gasteiger charge is -2.23. The Morgan fingerprint density at radius 3 is 1.21 bits per heavy atom. The first kappa shape index (κ1) is 38.6. The predicted octanol–water partition coefficient (Wildman–Crippen LogP) is 18.7. The Balaban J connectivity index is 0.923. The normalized spacial score (nSPS) is 14.3. The van der Waals surface area contributed by atoms with Gasteiger partial charge in [-0.2, -0.15) is 0 Å². The van der Waals surface area contributed by atoms with Gasteiger partial charge >= 0.3 is 0 Å². The van der Waals surface area contributed by atoms with Gasteiger partial charge in [0.15, 0.2) is 0 Å². The van der Waals surface area contributed by atoms with Crippen LogP contribution in [0.1, 0.15) is 22.9 Å². The molecule has 12 aromatic carbocycles. The summed E-state index contributed by atoms with van der Waals surface area (Å²) in [6, 6.07) is 86.5. The van der Waals surface area contributed by atoms with Gasteiger partial charge in [-0.3, -0.25) is 0 Å². The monoisotopic (exact) mass is 910 g/mol. The van der Waals surface area contributed by atoms with Crippen molar-refractivity contribution in [1.29, 1.82) is 0 Å². The molecule has 1 aliphatic heterocycles. The lowest BCUT2D eigenvalue weighted by Crippen LogP contribution is -2.12. The molecule has 0 N–H and O–H groups in total. The van der Waals surface area contributed by atoms with Crippen LogP contribution in [-0.4, -0.2) is 8.97 Å². The zero-order valence-electron chi connectivity index (χ0n) is 39.2. The summed E-state index contributed by atoms with van der Waals surface area (Å²) in [7, 11) is 0. The van der Waals surface area contributed by atoms with E-state index >= 15 is 0 Å². The van der Waals surface area contributed by atoms with Crippen LogP contribution in [0.5, 0.6) is 0 Å².